The molecule has 0 saturated heterocycles. The lowest BCUT2D eigenvalue weighted by atomic mass is 9.87. The lowest BCUT2D eigenvalue weighted by Crippen LogP contribution is -2.41. The molecule has 8 heteroatoms. The molecule has 1 atom stereocenters. The van der Waals surface area contributed by atoms with Crippen LogP contribution in [0, 0.1) is 0 Å². The number of nitrogens with zero attached hydrogens (tertiary/aromatic N) is 3. The molecule has 2 heterocycles. The Bertz CT molecular complexity index is 980. The number of benzene rings is 2. The number of hydrogen-bond acceptors (Lipinski definition) is 7. The molecule has 1 unspecified atom stereocenters. The van der Waals surface area contributed by atoms with Gasteiger partial charge in [-0.1, -0.05) is 53.4 Å². The summed E-state index contributed by atoms with van der Waals surface area (Å²) in [5, 5.41) is 7.86. The van der Waals surface area contributed by atoms with Crippen molar-refractivity contribution in [2.24, 2.45) is 0 Å². The molecule has 1 aromatic heterocycles. The van der Waals surface area contributed by atoms with E-state index in [1.165, 1.54) is 28.7 Å². The van der Waals surface area contributed by atoms with Crippen LogP contribution in [0.4, 0.5) is 0 Å². The molecular weight excluding hydrogens is 406 g/mol. The number of carbonyl (C=O) groups is 1. The fourth-order valence-electron chi connectivity index (χ4n) is 3.64. The van der Waals surface area contributed by atoms with Gasteiger partial charge < -0.3 is 14.4 Å². The van der Waals surface area contributed by atoms with Gasteiger partial charge in [0, 0.05) is 6.54 Å². The Morgan fingerprint density at radius 3 is 2.66 bits per heavy atom. The number of amides is 1. The van der Waals surface area contributed by atoms with Gasteiger partial charge in [0.2, 0.25) is 5.91 Å². The summed E-state index contributed by atoms with van der Waals surface area (Å²) in [5.41, 5.74) is 5.01. The maximum absolute atomic E-state index is 13.2. The van der Waals surface area contributed by atoms with Crippen molar-refractivity contribution in [2.45, 2.75) is 16.8 Å². The van der Waals surface area contributed by atoms with Crippen LogP contribution in [0.2, 0.25) is 0 Å². The van der Waals surface area contributed by atoms with Crippen molar-refractivity contribution >= 4 is 29.0 Å². The van der Waals surface area contributed by atoms with Crippen molar-refractivity contribution < 1.29 is 14.3 Å². The average molecular weight is 428 g/mol. The standard InChI is InChI=1S/C21H21N3O3S2/c1-26-17-10-15-8-9-24(19(25)12-28-21-23-22-13-29-21)20(14-6-4-3-5-7-14)16(15)11-18(17)27-2/h3-7,10-11,13,20H,8-9,12H2,1-2H3. The zero-order valence-corrected chi connectivity index (χ0v) is 17.8. The minimum atomic E-state index is -0.165. The summed E-state index contributed by atoms with van der Waals surface area (Å²) in [6.07, 6.45) is 0.772. The van der Waals surface area contributed by atoms with Crippen molar-refractivity contribution in [1.82, 2.24) is 15.1 Å². The molecule has 0 fully saturated rings. The van der Waals surface area contributed by atoms with E-state index in [0.29, 0.717) is 23.8 Å². The molecule has 1 aliphatic rings. The molecule has 0 bridgehead atoms. The lowest BCUT2D eigenvalue weighted by molar-refractivity contribution is -0.130. The number of aromatic nitrogens is 2. The Labute approximate surface area is 177 Å². The number of rotatable bonds is 6. The van der Waals surface area contributed by atoms with E-state index in [9.17, 15) is 4.79 Å². The summed E-state index contributed by atoms with van der Waals surface area (Å²) in [7, 11) is 3.27. The van der Waals surface area contributed by atoms with Gasteiger partial charge in [0.15, 0.2) is 15.8 Å². The van der Waals surface area contributed by atoms with Crippen LogP contribution in [-0.4, -0.2) is 47.5 Å². The molecular formula is C21H21N3O3S2. The van der Waals surface area contributed by atoms with Gasteiger partial charge in [-0.2, -0.15) is 0 Å². The zero-order chi connectivity index (χ0) is 20.2. The third-order valence-electron chi connectivity index (χ3n) is 4.97. The van der Waals surface area contributed by atoms with E-state index in [-0.39, 0.29) is 11.9 Å². The minimum absolute atomic E-state index is 0.0829. The van der Waals surface area contributed by atoms with Crippen LogP contribution in [0.3, 0.4) is 0 Å². The molecule has 150 valence electrons. The molecule has 2 aromatic carbocycles. The third-order valence-corrected chi connectivity index (χ3v) is 6.81. The lowest BCUT2D eigenvalue weighted by Gasteiger charge is -2.38. The largest absolute Gasteiger partial charge is 0.493 e. The molecule has 0 radical (unpaired) electrons. The van der Waals surface area contributed by atoms with Gasteiger partial charge >= 0.3 is 0 Å². The molecule has 4 rings (SSSR count). The second-order valence-electron chi connectivity index (χ2n) is 6.55. The summed E-state index contributed by atoms with van der Waals surface area (Å²) >= 11 is 2.88. The highest BCUT2D eigenvalue weighted by Crippen LogP contribution is 2.41. The summed E-state index contributed by atoms with van der Waals surface area (Å²) in [4.78, 5) is 15.1. The van der Waals surface area contributed by atoms with Gasteiger partial charge in [0.25, 0.3) is 0 Å². The smallest absolute Gasteiger partial charge is 0.233 e. The van der Waals surface area contributed by atoms with E-state index < -0.39 is 0 Å². The van der Waals surface area contributed by atoms with Crippen LogP contribution in [0.25, 0.3) is 0 Å². The summed E-state index contributed by atoms with van der Waals surface area (Å²) in [6, 6.07) is 14.0. The first-order valence-electron chi connectivity index (χ1n) is 9.19. The number of hydrogen-bond donors (Lipinski definition) is 0. The molecule has 29 heavy (non-hydrogen) atoms. The van der Waals surface area contributed by atoms with Crippen LogP contribution in [0.1, 0.15) is 22.7 Å². The number of ether oxygens (including phenoxy) is 2. The predicted molar refractivity (Wildman–Crippen MR) is 114 cm³/mol. The van der Waals surface area contributed by atoms with Crippen LogP contribution in [-0.2, 0) is 11.2 Å². The van der Waals surface area contributed by atoms with Crippen molar-refractivity contribution in [3.63, 3.8) is 0 Å². The Hall–Kier alpha value is -2.58. The quantitative estimate of drug-likeness (QED) is 0.557. The number of carbonyl (C=O) groups excluding carboxylic acids is 1. The molecule has 0 saturated carbocycles. The van der Waals surface area contributed by atoms with Crippen molar-refractivity contribution in [3.8, 4) is 11.5 Å². The topological polar surface area (TPSA) is 64.6 Å². The highest BCUT2D eigenvalue weighted by molar-refractivity contribution is 8.01. The van der Waals surface area contributed by atoms with E-state index in [1.54, 1.807) is 19.7 Å². The summed E-state index contributed by atoms with van der Waals surface area (Å²) in [5.74, 6) is 1.80. The second-order valence-corrected chi connectivity index (χ2v) is 8.61. The Morgan fingerprint density at radius 2 is 1.97 bits per heavy atom. The van der Waals surface area contributed by atoms with E-state index in [4.69, 9.17) is 9.47 Å². The van der Waals surface area contributed by atoms with E-state index in [1.807, 2.05) is 35.2 Å². The third kappa shape index (κ3) is 4.09. The first kappa shape index (κ1) is 19.7. The van der Waals surface area contributed by atoms with Crippen molar-refractivity contribution in [3.05, 3.63) is 64.7 Å². The highest BCUT2D eigenvalue weighted by Gasteiger charge is 2.33. The average Bonchev–Trinajstić information content (AvgIpc) is 3.30. The summed E-state index contributed by atoms with van der Waals surface area (Å²) < 4.78 is 11.8. The molecule has 1 aliphatic heterocycles. The number of thioether (sulfide) groups is 1. The number of methoxy groups -OCH3 is 2. The fraction of sp³-hybridized carbons (Fsp3) is 0.286. The molecule has 1 amide bonds. The highest BCUT2D eigenvalue weighted by atomic mass is 32.2. The van der Waals surface area contributed by atoms with E-state index in [2.05, 4.69) is 22.3 Å². The SMILES string of the molecule is COc1cc2c(cc1OC)C(c1ccccc1)N(C(=O)CSc1nncs1)CC2. The van der Waals surface area contributed by atoms with Crippen molar-refractivity contribution in [2.75, 3.05) is 26.5 Å². The normalized spacial score (nSPS) is 15.7. The van der Waals surface area contributed by atoms with Crippen LogP contribution in [0.15, 0.2) is 52.3 Å². The Kier molecular flexibility index (Phi) is 6.01. The fourth-order valence-corrected chi connectivity index (χ4v) is 5.02. The molecule has 0 N–H and O–H groups in total. The Morgan fingerprint density at radius 1 is 1.21 bits per heavy atom. The van der Waals surface area contributed by atoms with Gasteiger partial charge in [0.1, 0.15) is 5.51 Å². The monoisotopic (exact) mass is 427 g/mol. The van der Waals surface area contributed by atoms with Gasteiger partial charge in [-0.05, 0) is 35.2 Å². The van der Waals surface area contributed by atoms with Crippen LogP contribution in [0.5, 0.6) is 11.5 Å². The molecule has 0 aliphatic carbocycles. The van der Waals surface area contributed by atoms with E-state index >= 15 is 0 Å². The molecule has 3 aromatic rings. The van der Waals surface area contributed by atoms with Crippen molar-refractivity contribution in [1.29, 1.82) is 0 Å². The minimum Gasteiger partial charge on any atom is -0.493 e. The maximum atomic E-state index is 13.2. The molecule has 6 nitrogen and oxygen atoms in total. The van der Waals surface area contributed by atoms with Gasteiger partial charge in [-0.25, -0.2) is 0 Å². The first-order valence-corrected chi connectivity index (χ1v) is 11.1. The van der Waals surface area contributed by atoms with Crippen LogP contribution >= 0.6 is 23.1 Å². The van der Waals surface area contributed by atoms with Gasteiger partial charge in [-0.15, -0.1) is 10.2 Å². The Balaban J connectivity index is 1.70. The number of fused-ring (bicyclic) bond motifs is 1. The first-order chi connectivity index (χ1) is 14.2. The predicted octanol–water partition coefficient (Wildman–Crippen LogP) is 3.82. The summed E-state index contributed by atoms with van der Waals surface area (Å²) in [6.45, 7) is 0.650. The second kappa shape index (κ2) is 8.84. The van der Waals surface area contributed by atoms with Gasteiger partial charge in [-0.3, -0.25) is 4.79 Å². The van der Waals surface area contributed by atoms with Gasteiger partial charge in [0.05, 0.1) is 26.0 Å². The van der Waals surface area contributed by atoms with E-state index in [0.717, 1.165) is 21.9 Å². The zero-order valence-electron chi connectivity index (χ0n) is 16.2. The molecule has 0 spiro atoms. The maximum Gasteiger partial charge on any atom is 0.233 e. The van der Waals surface area contributed by atoms with Crippen LogP contribution < -0.4 is 9.47 Å².